The Kier molecular flexibility index (Phi) is 5.41. The van der Waals surface area contributed by atoms with E-state index in [1.807, 2.05) is 73.7 Å². The predicted octanol–water partition coefficient (Wildman–Crippen LogP) is 4.18. The minimum Gasteiger partial charge on any atom is -0.494 e. The molecule has 0 radical (unpaired) electrons. The highest BCUT2D eigenvalue weighted by atomic mass is 16.5. The molecule has 7 heteroatoms. The van der Waals surface area contributed by atoms with E-state index in [0.717, 1.165) is 28.3 Å². The van der Waals surface area contributed by atoms with E-state index in [9.17, 15) is 4.79 Å². The number of oxazole rings is 1. The van der Waals surface area contributed by atoms with Crippen LogP contribution < -0.4 is 10.2 Å². The smallest absolute Gasteiger partial charge is 0.251 e. The first-order valence-electron chi connectivity index (χ1n) is 10.9. The van der Waals surface area contributed by atoms with Crippen molar-refractivity contribution in [3.63, 3.8) is 0 Å². The van der Waals surface area contributed by atoms with Crippen molar-refractivity contribution >= 4 is 5.91 Å². The highest BCUT2D eigenvalue weighted by Crippen LogP contribution is 2.32. The lowest BCUT2D eigenvalue weighted by molar-refractivity contribution is -0.135. The molecular weight excluding hydrogens is 404 g/mol. The van der Waals surface area contributed by atoms with Gasteiger partial charge in [-0.3, -0.25) is 4.79 Å². The average molecular weight is 431 g/mol. The summed E-state index contributed by atoms with van der Waals surface area (Å²) in [6.45, 7) is 4.88. The highest BCUT2D eigenvalue weighted by molar-refractivity contribution is 5.84. The third-order valence-corrected chi connectivity index (χ3v) is 5.90. The summed E-state index contributed by atoms with van der Waals surface area (Å²) in [7, 11) is 0. The average Bonchev–Trinajstić information content (AvgIpc) is 3.41. The summed E-state index contributed by atoms with van der Waals surface area (Å²) < 4.78 is 11.4. The van der Waals surface area contributed by atoms with E-state index in [2.05, 4.69) is 22.5 Å². The van der Waals surface area contributed by atoms with Crippen LogP contribution in [0.1, 0.15) is 36.4 Å². The molecule has 1 fully saturated rings. The fraction of sp³-hybridized carbons (Fsp3) is 0.280. The summed E-state index contributed by atoms with van der Waals surface area (Å²) >= 11 is 0. The maximum Gasteiger partial charge on any atom is 0.251 e. The molecule has 2 aliphatic heterocycles. The molecule has 1 saturated heterocycles. The molecule has 2 atom stereocenters. The normalized spacial score (nSPS) is 20.0. The summed E-state index contributed by atoms with van der Waals surface area (Å²) in [5, 5.41) is 1.91. The van der Waals surface area contributed by atoms with Gasteiger partial charge in [0, 0.05) is 18.0 Å². The van der Waals surface area contributed by atoms with Crippen LogP contribution in [-0.2, 0) is 11.3 Å². The molecular formula is C25H26N4O3. The van der Waals surface area contributed by atoms with Gasteiger partial charge in [-0.25, -0.2) is 10.4 Å². The van der Waals surface area contributed by atoms with Crippen LogP contribution >= 0.6 is 0 Å². The first kappa shape index (κ1) is 20.3. The summed E-state index contributed by atoms with van der Waals surface area (Å²) in [6.07, 6.45) is 4.43. The van der Waals surface area contributed by atoms with Gasteiger partial charge in [0.15, 0.2) is 0 Å². The van der Waals surface area contributed by atoms with E-state index in [0.29, 0.717) is 25.5 Å². The van der Waals surface area contributed by atoms with E-state index in [-0.39, 0.29) is 18.0 Å². The monoisotopic (exact) mass is 430 g/mol. The minimum absolute atomic E-state index is 0.0529. The minimum atomic E-state index is -0.252. The lowest BCUT2D eigenvalue weighted by Crippen LogP contribution is -2.47. The SMILES string of the molecule is CCOc1ccc(C2CC3C(=O)N(Cc4nc(-c5ccccc5)oc4C)C=CN3N2)cc1. The van der Waals surface area contributed by atoms with Crippen LogP contribution in [0.5, 0.6) is 5.75 Å². The lowest BCUT2D eigenvalue weighted by Gasteiger charge is -2.31. The van der Waals surface area contributed by atoms with Crippen molar-refractivity contribution in [2.45, 2.75) is 38.9 Å². The van der Waals surface area contributed by atoms with Crippen molar-refractivity contribution in [2.24, 2.45) is 0 Å². The first-order chi connectivity index (χ1) is 15.6. The number of aryl methyl sites for hydroxylation is 1. The van der Waals surface area contributed by atoms with E-state index in [1.54, 1.807) is 4.90 Å². The summed E-state index contributed by atoms with van der Waals surface area (Å²) in [5.41, 5.74) is 6.26. The number of nitrogens with one attached hydrogen (secondary N) is 1. The Labute approximate surface area is 187 Å². The predicted molar refractivity (Wildman–Crippen MR) is 120 cm³/mol. The Hall–Kier alpha value is -3.58. The second kappa shape index (κ2) is 8.51. The molecule has 7 nitrogen and oxygen atoms in total. The van der Waals surface area contributed by atoms with Crippen LogP contribution in [-0.4, -0.2) is 33.4 Å². The number of benzene rings is 2. The Bertz CT molecular complexity index is 1120. The fourth-order valence-corrected chi connectivity index (χ4v) is 4.19. The summed E-state index contributed by atoms with van der Waals surface area (Å²) in [6, 6.07) is 17.7. The summed E-state index contributed by atoms with van der Waals surface area (Å²) in [4.78, 5) is 19.6. The number of hydrogen-bond donors (Lipinski definition) is 1. The van der Waals surface area contributed by atoms with Gasteiger partial charge >= 0.3 is 0 Å². The Morgan fingerprint density at radius 2 is 1.91 bits per heavy atom. The molecule has 32 heavy (non-hydrogen) atoms. The standard InChI is InChI=1S/C25H26N4O3/c1-3-31-20-11-9-18(10-12-20)21-15-23-25(30)28(13-14-29(23)27-21)16-22-17(2)32-24(26-22)19-7-5-4-6-8-19/h4-14,21,23,27H,3,15-16H2,1-2H3. The van der Waals surface area contributed by atoms with E-state index < -0.39 is 0 Å². The molecule has 3 heterocycles. The largest absolute Gasteiger partial charge is 0.494 e. The molecule has 0 aliphatic carbocycles. The van der Waals surface area contributed by atoms with Gasteiger partial charge in [-0.2, -0.15) is 0 Å². The van der Waals surface area contributed by atoms with Gasteiger partial charge < -0.3 is 19.1 Å². The molecule has 2 unspecified atom stereocenters. The first-order valence-corrected chi connectivity index (χ1v) is 10.9. The Morgan fingerprint density at radius 3 is 2.66 bits per heavy atom. The van der Waals surface area contributed by atoms with E-state index in [4.69, 9.17) is 9.15 Å². The Balaban J connectivity index is 1.28. The van der Waals surface area contributed by atoms with Crippen molar-refractivity contribution in [3.05, 3.63) is 84.0 Å². The second-order valence-corrected chi connectivity index (χ2v) is 7.99. The number of ether oxygens (including phenoxy) is 1. The molecule has 0 saturated carbocycles. The van der Waals surface area contributed by atoms with Crippen LogP contribution in [0, 0.1) is 6.92 Å². The van der Waals surface area contributed by atoms with Gasteiger partial charge in [-0.05, 0) is 50.1 Å². The van der Waals surface area contributed by atoms with Crippen LogP contribution in [0.3, 0.4) is 0 Å². The van der Waals surface area contributed by atoms with Gasteiger partial charge in [0.2, 0.25) is 5.89 Å². The maximum atomic E-state index is 13.2. The van der Waals surface area contributed by atoms with Gasteiger partial charge in [-0.15, -0.1) is 0 Å². The lowest BCUT2D eigenvalue weighted by atomic mass is 10.0. The van der Waals surface area contributed by atoms with Gasteiger partial charge in [-0.1, -0.05) is 30.3 Å². The Morgan fingerprint density at radius 1 is 1.12 bits per heavy atom. The van der Waals surface area contributed by atoms with Gasteiger partial charge in [0.25, 0.3) is 5.91 Å². The third kappa shape index (κ3) is 3.87. The molecule has 1 aromatic heterocycles. The number of hydrogen-bond acceptors (Lipinski definition) is 6. The topological polar surface area (TPSA) is 70.8 Å². The third-order valence-electron chi connectivity index (χ3n) is 5.90. The van der Waals surface area contributed by atoms with Crippen molar-refractivity contribution in [2.75, 3.05) is 6.61 Å². The number of hydrazine groups is 1. The molecule has 1 N–H and O–H groups in total. The molecule has 1 amide bonds. The number of aromatic nitrogens is 1. The highest BCUT2D eigenvalue weighted by Gasteiger charge is 2.40. The van der Waals surface area contributed by atoms with Crippen molar-refractivity contribution < 1.29 is 13.9 Å². The number of amides is 1. The van der Waals surface area contributed by atoms with Crippen LogP contribution in [0.15, 0.2) is 71.4 Å². The number of fused-ring (bicyclic) bond motifs is 1. The quantitative estimate of drug-likeness (QED) is 0.633. The van der Waals surface area contributed by atoms with Crippen LogP contribution in [0.25, 0.3) is 11.5 Å². The molecule has 5 rings (SSSR count). The maximum absolute atomic E-state index is 13.2. The zero-order valence-electron chi connectivity index (χ0n) is 18.2. The zero-order valence-corrected chi connectivity index (χ0v) is 18.2. The van der Waals surface area contributed by atoms with E-state index in [1.165, 1.54) is 0 Å². The zero-order chi connectivity index (χ0) is 22.1. The number of rotatable bonds is 6. The molecule has 0 bridgehead atoms. The van der Waals surface area contributed by atoms with Crippen molar-refractivity contribution in [1.82, 2.24) is 20.3 Å². The molecule has 164 valence electrons. The van der Waals surface area contributed by atoms with Gasteiger partial charge in [0.1, 0.15) is 23.2 Å². The van der Waals surface area contributed by atoms with Crippen LogP contribution in [0.2, 0.25) is 0 Å². The molecule has 0 spiro atoms. The molecule has 2 aromatic carbocycles. The second-order valence-electron chi connectivity index (χ2n) is 7.99. The van der Waals surface area contributed by atoms with Crippen molar-refractivity contribution in [1.29, 1.82) is 0 Å². The van der Waals surface area contributed by atoms with E-state index >= 15 is 0 Å². The van der Waals surface area contributed by atoms with Gasteiger partial charge in [0.05, 0.1) is 19.2 Å². The summed E-state index contributed by atoms with van der Waals surface area (Å²) in [5.74, 6) is 2.21. The molecule has 2 aliphatic rings. The number of carbonyl (C=O) groups is 1. The molecule has 3 aromatic rings. The number of carbonyl (C=O) groups excluding carboxylic acids is 1. The van der Waals surface area contributed by atoms with Crippen molar-refractivity contribution in [3.8, 4) is 17.2 Å². The fourth-order valence-electron chi connectivity index (χ4n) is 4.19. The van der Waals surface area contributed by atoms with Crippen LogP contribution in [0.4, 0.5) is 0 Å². The number of nitrogens with zero attached hydrogens (tertiary/aromatic N) is 3.